The van der Waals surface area contributed by atoms with Crippen molar-refractivity contribution in [3.8, 4) is 5.75 Å². The molecule has 0 radical (unpaired) electrons. The number of methoxy groups -OCH3 is 1. The monoisotopic (exact) mass is 346 g/mol. The molecule has 1 N–H and O–H groups in total. The van der Waals surface area contributed by atoms with Crippen molar-refractivity contribution in [3.63, 3.8) is 0 Å². The number of fused-ring (bicyclic) bond motifs is 5. The second-order valence-electron chi connectivity index (χ2n) is 8.00. The van der Waals surface area contributed by atoms with Crippen LogP contribution in [0.25, 0.3) is 6.08 Å². The molecule has 0 aliphatic heterocycles. The molecule has 0 amide bonds. The zero-order chi connectivity index (χ0) is 17.8. The first-order valence-electron chi connectivity index (χ1n) is 9.00. The van der Waals surface area contributed by atoms with Crippen molar-refractivity contribution >= 4 is 6.08 Å². The number of hydrogen-bond acceptors (Lipinski definition) is 2. The fourth-order valence-corrected chi connectivity index (χ4v) is 5.80. The van der Waals surface area contributed by atoms with Crippen LogP contribution in [0.15, 0.2) is 36.4 Å². The predicted molar refractivity (Wildman–Crippen MR) is 93.6 cm³/mol. The van der Waals surface area contributed by atoms with Gasteiger partial charge in [-0.1, -0.05) is 25.1 Å². The molecule has 3 aliphatic rings. The molecule has 0 bridgehead atoms. The normalized spacial score (nSPS) is 38.5. The SMILES string of the molecule is COc1ccc2c(c1)C=C[C@]1(C=C(F)F)[C@@H]2CC[C@]2(C)[C@@H](O)CC[C@@H]12. The van der Waals surface area contributed by atoms with Gasteiger partial charge in [0.25, 0.3) is 6.08 Å². The minimum Gasteiger partial charge on any atom is -0.497 e. The van der Waals surface area contributed by atoms with E-state index >= 15 is 0 Å². The summed E-state index contributed by atoms with van der Waals surface area (Å²) in [6, 6.07) is 5.91. The van der Waals surface area contributed by atoms with Gasteiger partial charge in [0.15, 0.2) is 0 Å². The highest BCUT2D eigenvalue weighted by atomic mass is 19.3. The molecule has 1 aromatic rings. The van der Waals surface area contributed by atoms with Crippen LogP contribution in [0.3, 0.4) is 0 Å². The van der Waals surface area contributed by atoms with E-state index in [0.717, 1.165) is 36.1 Å². The third-order valence-electron chi connectivity index (χ3n) is 7.04. The maximum Gasteiger partial charge on any atom is 0.267 e. The Labute approximate surface area is 147 Å². The van der Waals surface area contributed by atoms with Crippen molar-refractivity contribution < 1.29 is 18.6 Å². The van der Waals surface area contributed by atoms with E-state index in [4.69, 9.17) is 4.74 Å². The first-order chi connectivity index (χ1) is 11.9. The molecule has 0 heterocycles. The van der Waals surface area contributed by atoms with E-state index in [1.807, 2.05) is 30.4 Å². The van der Waals surface area contributed by atoms with E-state index in [-0.39, 0.29) is 17.3 Å². The number of aliphatic hydroxyl groups excluding tert-OH is 1. The Morgan fingerprint density at radius 3 is 2.80 bits per heavy atom. The lowest BCUT2D eigenvalue weighted by atomic mass is 9.49. The standard InChI is InChI=1S/C21H24F2O2/c1-20-9-8-16-15-4-3-14(25-2)11-13(15)7-10-21(16,12-19(22)23)17(20)5-6-18(20)24/h3-4,7,10-12,16-18,24H,5-6,8-9H2,1-2H3/t16-,17-,18+,20+,21+/m1/s1. The van der Waals surface area contributed by atoms with Crippen LogP contribution in [0.2, 0.25) is 0 Å². The molecule has 0 unspecified atom stereocenters. The van der Waals surface area contributed by atoms with Crippen LogP contribution < -0.4 is 4.74 Å². The molecule has 25 heavy (non-hydrogen) atoms. The van der Waals surface area contributed by atoms with Gasteiger partial charge >= 0.3 is 0 Å². The molecule has 2 fully saturated rings. The number of halogens is 2. The van der Waals surface area contributed by atoms with E-state index in [1.165, 1.54) is 6.08 Å². The van der Waals surface area contributed by atoms with Gasteiger partial charge in [-0.3, -0.25) is 0 Å². The molecule has 134 valence electrons. The van der Waals surface area contributed by atoms with Crippen LogP contribution >= 0.6 is 0 Å². The third-order valence-corrected chi connectivity index (χ3v) is 7.04. The molecule has 3 aliphatic carbocycles. The smallest absolute Gasteiger partial charge is 0.267 e. The van der Waals surface area contributed by atoms with Gasteiger partial charge in [0.1, 0.15) is 5.75 Å². The highest BCUT2D eigenvalue weighted by Gasteiger charge is 2.60. The number of hydrogen-bond donors (Lipinski definition) is 1. The fraction of sp³-hybridized carbons (Fsp3) is 0.524. The number of rotatable bonds is 2. The van der Waals surface area contributed by atoms with Crippen molar-refractivity contribution in [1.29, 1.82) is 0 Å². The van der Waals surface area contributed by atoms with Crippen LogP contribution in [-0.4, -0.2) is 18.3 Å². The Morgan fingerprint density at radius 1 is 1.28 bits per heavy atom. The second-order valence-corrected chi connectivity index (χ2v) is 8.00. The van der Waals surface area contributed by atoms with Crippen molar-refractivity contribution in [2.24, 2.45) is 16.7 Å². The highest BCUT2D eigenvalue weighted by Crippen LogP contribution is 2.66. The zero-order valence-electron chi connectivity index (χ0n) is 14.6. The van der Waals surface area contributed by atoms with Gasteiger partial charge in [-0.05, 0) is 72.3 Å². The molecule has 5 atom stereocenters. The summed E-state index contributed by atoms with van der Waals surface area (Å²) in [5.74, 6) is 0.824. The van der Waals surface area contributed by atoms with E-state index in [1.54, 1.807) is 7.11 Å². The predicted octanol–water partition coefficient (Wildman–Crippen LogP) is 5.14. The highest BCUT2D eigenvalue weighted by molar-refractivity contribution is 5.63. The lowest BCUT2D eigenvalue weighted by Gasteiger charge is -2.55. The lowest BCUT2D eigenvalue weighted by molar-refractivity contribution is -0.0312. The maximum atomic E-state index is 13.5. The Kier molecular flexibility index (Phi) is 3.80. The van der Waals surface area contributed by atoms with Gasteiger partial charge in [-0.25, -0.2) is 0 Å². The van der Waals surface area contributed by atoms with Crippen LogP contribution in [0.5, 0.6) is 5.75 Å². The van der Waals surface area contributed by atoms with E-state index in [0.29, 0.717) is 6.42 Å². The van der Waals surface area contributed by atoms with Crippen molar-refractivity contribution in [2.45, 2.75) is 44.6 Å². The van der Waals surface area contributed by atoms with E-state index in [2.05, 4.69) is 6.92 Å². The Hall–Kier alpha value is -1.68. The first-order valence-corrected chi connectivity index (χ1v) is 9.00. The van der Waals surface area contributed by atoms with Crippen LogP contribution in [0, 0.1) is 16.7 Å². The minimum atomic E-state index is -1.63. The maximum absolute atomic E-state index is 13.5. The Balaban J connectivity index is 1.88. The van der Waals surface area contributed by atoms with Crippen molar-refractivity contribution in [2.75, 3.05) is 7.11 Å². The van der Waals surface area contributed by atoms with Gasteiger partial charge in [0.05, 0.1) is 13.2 Å². The summed E-state index contributed by atoms with van der Waals surface area (Å²) in [6.45, 7) is 2.08. The molecule has 4 heteroatoms. The summed E-state index contributed by atoms with van der Waals surface area (Å²) in [5, 5.41) is 10.5. The van der Waals surface area contributed by atoms with Crippen molar-refractivity contribution in [1.82, 2.24) is 0 Å². The molecule has 1 aromatic carbocycles. The molecule has 0 aromatic heterocycles. The van der Waals surface area contributed by atoms with Crippen LogP contribution in [-0.2, 0) is 0 Å². The quantitative estimate of drug-likeness (QED) is 0.803. The average Bonchev–Trinajstić information content (AvgIpc) is 2.89. The third kappa shape index (κ3) is 2.30. The van der Waals surface area contributed by atoms with Gasteiger partial charge in [-0.2, -0.15) is 8.78 Å². The molecule has 0 saturated heterocycles. The van der Waals surface area contributed by atoms with Gasteiger partial charge in [0.2, 0.25) is 0 Å². The van der Waals surface area contributed by atoms with Crippen LogP contribution in [0.4, 0.5) is 8.78 Å². The Morgan fingerprint density at radius 2 is 2.08 bits per heavy atom. The molecule has 2 nitrogen and oxygen atoms in total. The van der Waals surface area contributed by atoms with E-state index in [9.17, 15) is 13.9 Å². The van der Waals surface area contributed by atoms with Crippen LogP contribution in [0.1, 0.15) is 49.7 Å². The molecular formula is C21H24F2O2. The summed E-state index contributed by atoms with van der Waals surface area (Å²) in [5.41, 5.74) is 1.15. The average molecular weight is 346 g/mol. The molecule has 4 rings (SSSR count). The van der Waals surface area contributed by atoms with E-state index < -0.39 is 17.6 Å². The number of ether oxygens (including phenoxy) is 1. The number of benzene rings is 1. The zero-order valence-corrected chi connectivity index (χ0v) is 14.6. The molecule has 0 spiro atoms. The molecular weight excluding hydrogens is 322 g/mol. The minimum absolute atomic E-state index is 0.0169. The second kappa shape index (κ2) is 5.66. The van der Waals surface area contributed by atoms with Crippen molar-refractivity contribution in [3.05, 3.63) is 47.6 Å². The summed E-state index contributed by atoms with van der Waals surface area (Å²) >= 11 is 0. The molecule has 2 saturated carbocycles. The van der Waals surface area contributed by atoms with Gasteiger partial charge < -0.3 is 9.84 Å². The number of allylic oxidation sites excluding steroid dienone is 2. The van der Waals surface area contributed by atoms with Gasteiger partial charge in [-0.15, -0.1) is 0 Å². The van der Waals surface area contributed by atoms with Gasteiger partial charge in [0, 0.05) is 5.41 Å². The summed E-state index contributed by atoms with van der Waals surface area (Å²) < 4.78 is 32.3. The number of aliphatic hydroxyl groups is 1. The summed E-state index contributed by atoms with van der Waals surface area (Å²) in [7, 11) is 1.63. The Bertz CT molecular complexity index is 752. The topological polar surface area (TPSA) is 29.5 Å². The lowest BCUT2D eigenvalue weighted by Crippen LogP contribution is -2.49. The first kappa shape index (κ1) is 16.8. The largest absolute Gasteiger partial charge is 0.497 e. The summed E-state index contributed by atoms with van der Waals surface area (Å²) in [6.07, 6.45) is 6.22. The fourth-order valence-electron chi connectivity index (χ4n) is 5.80. The summed E-state index contributed by atoms with van der Waals surface area (Å²) in [4.78, 5) is 0.